The number of hydrogen-bond donors (Lipinski definition) is 1. The lowest BCUT2D eigenvalue weighted by molar-refractivity contribution is -0.148. The Balaban J connectivity index is 1.72. The third-order valence-electron chi connectivity index (χ3n) is 3.92. The Morgan fingerprint density at radius 1 is 1.09 bits per heavy atom. The second-order valence-electron chi connectivity index (χ2n) is 5.84. The second-order valence-corrected chi connectivity index (χ2v) is 6.66. The number of nitrogens with one attached hydrogen (secondary N) is 1. The van der Waals surface area contributed by atoms with E-state index in [4.69, 9.17) is 27.9 Å². The van der Waals surface area contributed by atoms with E-state index in [9.17, 15) is 9.59 Å². The highest BCUT2D eigenvalue weighted by atomic mass is 35.5. The molecule has 6 heteroatoms. The molecule has 0 aliphatic heterocycles. The topological polar surface area (TPSA) is 55.4 Å². The van der Waals surface area contributed by atoms with E-state index in [1.165, 1.54) is 12.8 Å². The molecule has 4 nitrogen and oxygen atoms in total. The van der Waals surface area contributed by atoms with Crippen LogP contribution in [-0.4, -0.2) is 24.5 Å². The predicted molar refractivity (Wildman–Crippen MR) is 90.8 cm³/mol. The molecular formula is C17H21Cl2NO3. The number of halogens is 2. The van der Waals surface area contributed by atoms with Gasteiger partial charge in [0, 0.05) is 6.04 Å². The Bertz CT molecular complexity index is 555. The summed E-state index contributed by atoms with van der Waals surface area (Å²) in [5, 5.41) is 3.77. The summed E-state index contributed by atoms with van der Waals surface area (Å²) >= 11 is 11.7. The molecule has 1 aliphatic rings. The maximum atomic E-state index is 11.9. The van der Waals surface area contributed by atoms with Crippen LogP contribution >= 0.6 is 23.2 Å². The van der Waals surface area contributed by atoms with Crippen LogP contribution in [-0.2, 0) is 20.7 Å². The molecular weight excluding hydrogens is 337 g/mol. The maximum Gasteiger partial charge on any atom is 0.310 e. The van der Waals surface area contributed by atoms with Gasteiger partial charge in [0.15, 0.2) is 6.61 Å². The van der Waals surface area contributed by atoms with E-state index in [2.05, 4.69) is 5.32 Å². The number of benzene rings is 1. The van der Waals surface area contributed by atoms with Crippen molar-refractivity contribution in [2.75, 3.05) is 6.61 Å². The minimum absolute atomic E-state index is 0.0631. The van der Waals surface area contributed by atoms with Gasteiger partial charge in [0.2, 0.25) is 0 Å². The molecule has 1 saturated carbocycles. The molecule has 0 spiro atoms. The largest absolute Gasteiger partial charge is 0.455 e. The number of ether oxygens (including phenoxy) is 1. The Kier molecular flexibility index (Phi) is 7.18. The molecule has 1 aromatic rings. The Morgan fingerprint density at radius 3 is 2.43 bits per heavy atom. The third kappa shape index (κ3) is 6.40. The molecule has 0 bridgehead atoms. The summed E-state index contributed by atoms with van der Waals surface area (Å²) in [5.74, 6) is -0.696. The summed E-state index contributed by atoms with van der Waals surface area (Å²) in [5.41, 5.74) is 0.702. The lowest BCUT2D eigenvalue weighted by Crippen LogP contribution is -2.37. The summed E-state index contributed by atoms with van der Waals surface area (Å²) in [6.45, 7) is -0.239. The fourth-order valence-corrected chi connectivity index (χ4v) is 3.03. The molecule has 1 N–H and O–H groups in total. The van der Waals surface area contributed by atoms with Crippen molar-refractivity contribution >= 4 is 35.1 Å². The number of carbonyl (C=O) groups is 2. The molecule has 126 valence electrons. The number of esters is 1. The van der Waals surface area contributed by atoms with Crippen molar-refractivity contribution in [1.29, 1.82) is 0 Å². The van der Waals surface area contributed by atoms with Gasteiger partial charge in [-0.2, -0.15) is 0 Å². The zero-order valence-electron chi connectivity index (χ0n) is 12.9. The molecule has 1 amide bonds. The average molecular weight is 358 g/mol. The average Bonchev–Trinajstić information content (AvgIpc) is 2.78. The third-order valence-corrected chi connectivity index (χ3v) is 4.66. The van der Waals surface area contributed by atoms with E-state index < -0.39 is 5.97 Å². The van der Waals surface area contributed by atoms with Crippen molar-refractivity contribution in [3.8, 4) is 0 Å². The van der Waals surface area contributed by atoms with Crippen LogP contribution in [0.4, 0.5) is 0 Å². The van der Waals surface area contributed by atoms with Crippen LogP contribution in [0.3, 0.4) is 0 Å². The monoisotopic (exact) mass is 357 g/mol. The van der Waals surface area contributed by atoms with Crippen LogP contribution in [0.5, 0.6) is 0 Å². The first kappa shape index (κ1) is 18.1. The fourth-order valence-electron chi connectivity index (χ4n) is 2.71. The van der Waals surface area contributed by atoms with Crippen LogP contribution in [0.2, 0.25) is 10.0 Å². The van der Waals surface area contributed by atoms with E-state index in [0.717, 1.165) is 25.7 Å². The van der Waals surface area contributed by atoms with Crippen LogP contribution < -0.4 is 5.32 Å². The van der Waals surface area contributed by atoms with Gasteiger partial charge in [0.25, 0.3) is 5.91 Å². The zero-order valence-corrected chi connectivity index (χ0v) is 14.5. The van der Waals surface area contributed by atoms with E-state index >= 15 is 0 Å². The highest BCUT2D eigenvalue weighted by Gasteiger charge is 2.16. The first-order valence-electron chi connectivity index (χ1n) is 7.93. The van der Waals surface area contributed by atoms with Crippen molar-refractivity contribution in [1.82, 2.24) is 5.32 Å². The van der Waals surface area contributed by atoms with E-state index in [-0.39, 0.29) is 25.0 Å². The van der Waals surface area contributed by atoms with Gasteiger partial charge in [-0.25, -0.2) is 0 Å². The van der Waals surface area contributed by atoms with Gasteiger partial charge >= 0.3 is 5.97 Å². The highest BCUT2D eigenvalue weighted by molar-refractivity contribution is 6.42. The normalized spacial score (nSPS) is 15.7. The molecule has 1 fully saturated rings. The number of hydrogen-bond acceptors (Lipinski definition) is 3. The van der Waals surface area contributed by atoms with E-state index in [1.807, 2.05) is 0 Å². The smallest absolute Gasteiger partial charge is 0.310 e. The quantitative estimate of drug-likeness (QED) is 0.641. The fraction of sp³-hybridized carbons (Fsp3) is 0.529. The summed E-state index contributed by atoms with van der Waals surface area (Å²) < 4.78 is 5.02. The molecule has 0 atom stereocenters. The van der Waals surface area contributed by atoms with Crippen LogP contribution in [0.1, 0.15) is 44.1 Å². The molecule has 0 heterocycles. The molecule has 0 unspecified atom stereocenters. The molecule has 0 aromatic heterocycles. The van der Waals surface area contributed by atoms with Gasteiger partial charge < -0.3 is 10.1 Å². The number of rotatable bonds is 5. The van der Waals surface area contributed by atoms with Gasteiger partial charge in [0.05, 0.1) is 16.5 Å². The Morgan fingerprint density at radius 2 is 1.78 bits per heavy atom. The molecule has 2 rings (SSSR count). The second kappa shape index (κ2) is 9.14. The first-order chi connectivity index (χ1) is 11.0. The van der Waals surface area contributed by atoms with Gasteiger partial charge in [-0.1, -0.05) is 55.0 Å². The van der Waals surface area contributed by atoms with Gasteiger partial charge in [-0.3, -0.25) is 9.59 Å². The molecule has 1 aromatic carbocycles. The van der Waals surface area contributed by atoms with Crippen molar-refractivity contribution in [3.05, 3.63) is 33.8 Å². The lowest BCUT2D eigenvalue weighted by atomic mass is 10.1. The number of amides is 1. The lowest BCUT2D eigenvalue weighted by Gasteiger charge is -2.16. The van der Waals surface area contributed by atoms with Gasteiger partial charge in [-0.05, 0) is 30.5 Å². The van der Waals surface area contributed by atoms with Gasteiger partial charge in [0.1, 0.15) is 0 Å². The van der Waals surface area contributed by atoms with Crippen LogP contribution in [0.25, 0.3) is 0 Å². The van der Waals surface area contributed by atoms with Crippen molar-refractivity contribution in [3.63, 3.8) is 0 Å². The molecule has 0 radical (unpaired) electrons. The van der Waals surface area contributed by atoms with E-state index in [1.54, 1.807) is 18.2 Å². The summed E-state index contributed by atoms with van der Waals surface area (Å²) in [4.78, 5) is 23.6. The predicted octanol–water partition coefficient (Wildman–Crippen LogP) is 3.92. The van der Waals surface area contributed by atoms with Crippen LogP contribution in [0.15, 0.2) is 18.2 Å². The Hall–Kier alpha value is -1.26. The zero-order chi connectivity index (χ0) is 16.7. The van der Waals surface area contributed by atoms with Crippen molar-refractivity contribution < 1.29 is 14.3 Å². The highest BCUT2D eigenvalue weighted by Crippen LogP contribution is 2.23. The molecule has 23 heavy (non-hydrogen) atoms. The summed E-state index contributed by atoms with van der Waals surface area (Å²) in [7, 11) is 0. The summed E-state index contributed by atoms with van der Waals surface area (Å²) in [6.07, 6.45) is 6.81. The summed E-state index contributed by atoms with van der Waals surface area (Å²) in [6, 6.07) is 5.17. The molecule has 1 aliphatic carbocycles. The minimum Gasteiger partial charge on any atom is -0.455 e. The van der Waals surface area contributed by atoms with Crippen molar-refractivity contribution in [2.24, 2.45) is 0 Å². The Labute approximate surface area is 146 Å². The first-order valence-corrected chi connectivity index (χ1v) is 8.69. The minimum atomic E-state index is -0.459. The SMILES string of the molecule is O=C(COC(=O)Cc1ccc(Cl)c(Cl)c1)NC1CCCCCC1. The standard InChI is InChI=1S/C17H21Cl2NO3/c18-14-8-7-12(9-15(14)19)10-17(22)23-11-16(21)20-13-5-3-1-2-4-6-13/h7-9,13H,1-6,10-11H2,(H,20,21). The number of carbonyl (C=O) groups excluding carboxylic acids is 2. The maximum absolute atomic E-state index is 11.9. The van der Waals surface area contributed by atoms with Crippen molar-refractivity contribution in [2.45, 2.75) is 51.0 Å². The molecule has 0 saturated heterocycles. The van der Waals surface area contributed by atoms with Crippen LogP contribution in [0, 0.1) is 0 Å². The van der Waals surface area contributed by atoms with E-state index in [0.29, 0.717) is 15.6 Å². The van der Waals surface area contributed by atoms with Gasteiger partial charge in [-0.15, -0.1) is 0 Å².